The van der Waals surface area contributed by atoms with Gasteiger partial charge in [0, 0.05) is 13.1 Å². The lowest BCUT2D eigenvalue weighted by atomic mass is 9.87. The van der Waals surface area contributed by atoms with Crippen LogP contribution in [0.5, 0.6) is 5.75 Å². The predicted octanol–water partition coefficient (Wildman–Crippen LogP) is 1.66. The summed E-state index contributed by atoms with van der Waals surface area (Å²) < 4.78 is 5.27. The normalized spacial score (nSPS) is 18.8. The highest BCUT2D eigenvalue weighted by Crippen LogP contribution is 2.31. The summed E-state index contributed by atoms with van der Waals surface area (Å²) in [5.74, 6) is -0.131. The van der Waals surface area contributed by atoms with E-state index < -0.39 is 11.5 Å². The van der Waals surface area contributed by atoms with Gasteiger partial charge < -0.3 is 20.1 Å². The number of aliphatic carboxylic acids is 1. The number of hydrogen-bond donors (Lipinski definition) is 2. The average Bonchev–Trinajstić information content (AvgIpc) is 2.42. The number of likely N-dealkylation sites (tertiary alicyclic amines) is 1. The number of ether oxygens (including phenoxy) is 1. The number of anilines is 1. The van der Waals surface area contributed by atoms with Gasteiger partial charge >= 0.3 is 5.97 Å². The van der Waals surface area contributed by atoms with Crippen LogP contribution in [0, 0.1) is 0 Å². The second kappa shape index (κ2) is 5.48. The summed E-state index contributed by atoms with van der Waals surface area (Å²) in [6.07, 6.45) is 1.16. The molecular weight excluding hydrogens is 244 g/mol. The molecule has 1 aliphatic heterocycles. The van der Waals surface area contributed by atoms with Crippen molar-refractivity contribution < 1.29 is 14.6 Å². The molecule has 0 atom stereocenters. The maximum atomic E-state index is 11.7. The van der Waals surface area contributed by atoms with Crippen LogP contribution >= 0.6 is 0 Å². The number of methoxy groups -OCH3 is 1. The molecule has 5 nitrogen and oxygen atoms in total. The van der Waals surface area contributed by atoms with Crippen molar-refractivity contribution in [3.8, 4) is 5.75 Å². The lowest BCUT2D eigenvalue weighted by molar-refractivity contribution is -0.143. The highest BCUT2D eigenvalue weighted by Gasteiger charge is 2.41. The van der Waals surface area contributed by atoms with Crippen LogP contribution in [-0.4, -0.2) is 48.8 Å². The van der Waals surface area contributed by atoms with E-state index in [1.165, 1.54) is 0 Å². The zero-order valence-electron chi connectivity index (χ0n) is 11.3. The third-order valence-corrected chi connectivity index (χ3v) is 3.73. The molecule has 0 radical (unpaired) electrons. The molecule has 1 aromatic carbocycles. The van der Waals surface area contributed by atoms with E-state index in [2.05, 4.69) is 10.2 Å². The van der Waals surface area contributed by atoms with Crippen molar-refractivity contribution in [3.63, 3.8) is 0 Å². The Morgan fingerprint density at radius 1 is 1.37 bits per heavy atom. The summed E-state index contributed by atoms with van der Waals surface area (Å²) in [7, 11) is 3.59. The number of nitrogens with one attached hydrogen (secondary N) is 1. The number of nitrogens with zero attached hydrogens (tertiary/aromatic N) is 1. The third kappa shape index (κ3) is 2.81. The molecule has 0 spiro atoms. The topological polar surface area (TPSA) is 61.8 Å². The number of piperidine rings is 1. The molecule has 0 bridgehead atoms. The molecule has 0 aliphatic carbocycles. The first-order valence-electron chi connectivity index (χ1n) is 6.40. The maximum Gasteiger partial charge on any atom is 0.329 e. The molecule has 0 saturated carbocycles. The second-order valence-electron chi connectivity index (χ2n) is 5.02. The summed E-state index contributed by atoms with van der Waals surface area (Å²) in [6.45, 7) is 1.54. The van der Waals surface area contributed by atoms with Crippen LogP contribution in [0.15, 0.2) is 24.3 Å². The van der Waals surface area contributed by atoms with E-state index in [1.807, 2.05) is 31.3 Å². The van der Waals surface area contributed by atoms with E-state index in [-0.39, 0.29) is 0 Å². The van der Waals surface area contributed by atoms with Gasteiger partial charge in [0.15, 0.2) is 0 Å². The molecule has 19 heavy (non-hydrogen) atoms. The van der Waals surface area contributed by atoms with Gasteiger partial charge in [-0.15, -0.1) is 0 Å². The number of hydrogen-bond acceptors (Lipinski definition) is 4. The number of para-hydroxylation sites is 2. The average molecular weight is 264 g/mol. The largest absolute Gasteiger partial charge is 0.495 e. The molecule has 1 aliphatic rings. The first-order valence-corrected chi connectivity index (χ1v) is 6.40. The highest BCUT2D eigenvalue weighted by atomic mass is 16.5. The summed E-state index contributed by atoms with van der Waals surface area (Å²) >= 11 is 0. The van der Waals surface area contributed by atoms with Crippen molar-refractivity contribution in [2.24, 2.45) is 0 Å². The van der Waals surface area contributed by atoms with E-state index in [1.54, 1.807) is 7.11 Å². The van der Waals surface area contributed by atoms with Crippen LogP contribution in [0.1, 0.15) is 12.8 Å². The quantitative estimate of drug-likeness (QED) is 0.866. The summed E-state index contributed by atoms with van der Waals surface area (Å²) in [5, 5.41) is 12.8. The van der Waals surface area contributed by atoms with E-state index >= 15 is 0 Å². The fourth-order valence-electron chi connectivity index (χ4n) is 2.40. The minimum absolute atomic E-state index is 0.580. The Balaban J connectivity index is 2.24. The maximum absolute atomic E-state index is 11.7. The Labute approximate surface area is 113 Å². The zero-order chi connectivity index (χ0) is 13.9. The first kappa shape index (κ1) is 13.7. The molecule has 1 heterocycles. The lowest BCUT2D eigenvalue weighted by Crippen LogP contribution is -2.53. The van der Waals surface area contributed by atoms with Crippen LogP contribution in [0.3, 0.4) is 0 Å². The third-order valence-electron chi connectivity index (χ3n) is 3.73. The summed E-state index contributed by atoms with van der Waals surface area (Å²) in [5.41, 5.74) is -0.168. The smallest absolute Gasteiger partial charge is 0.329 e. The van der Waals surface area contributed by atoms with Gasteiger partial charge in [-0.25, -0.2) is 4.79 Å². The molecule has 1 aromatic rings. The predicted molar refractivity (Wildman–Crippen MR) is 73.7 cm³/mol. The number of benzene rings is 1. The van der Waals surface area contributed by atoms with Gasteiger partial charge in [0.2, 0.25) is 0 Å². The molecule has 0 aromatic heterocycles. The Morgan fingerprint density at radius 2 is 2.00 bits per heavy atom. The highest BCUT2D eigenvalue weighted by molar-refractivity contribution is 5.83. The molecular formula is C14H20N2O3. The standard InChI is InChI=1S/C14H20N2O3/c1-16-9-7-14(8-10-16,13(17)18)15-11-5-3-4-6-12(11)19-2/h3-6,15H,7-10H2,1-2H3,(H,17,18). The molecule has 2 rings (SSSR count). The van der Waals surface area contributed by atoms with Crippen LogP contribution in [0.25, 0.3) is 0 Å². The fourth-order valence-corrected chi connectivity index (χ4v) is 2.40. The summed E-state index contributed by atoms with van der Waals surface area (Å²) in [6, 6.07) is 7.41. The number of carboxylic acid groups (broad SMARTS) is 1. The van der Waals surface area contributed by atoms with Crippen molar-refractivity contribution in [1.82, 2.24) is 4.90 Å². The van der Waals surface area contributed by atoms with E-state index in [9.17, 15) is 9.90 Å². The molecule has 2 N–H and O–H groups in total. The van der Waals surface area contributed by atoms with Crippen molar-refractivity contribution in [1.29, 1.82) is 0 Å². The van der Waals surface area contributed by atoms with Gasteiger partial charge in [0.1, 0.15) is 11.3 Å². The van der Waals surface area contributed by atoms with Gasteiger partial charge in [-0.2, -0.15) is 0 Å². The molecule has 5 heteroatoms. The van der Waals surface area contributed by atoms with E-state index in [0.29, 0.717) is 18.6 Å². The second-order valence-corrected chi connectivity index (χ2v) is 5.02. The molecule has 0 amide bonds. The van der Waals surface area contributed by atoms with Gasteiger partial charge in [-0.1, -0.05) is 12.1 Å². The Kier molecular flexibility index (Phi) is 3.95. The van der Waals surface area contributed by atoms with Crippen LogP contribution in [0.4, 0.5) is 5.69 Å². The monoisotopic (exact) mass is 264 g/mol. The first-order chi connectivity index (χ1) is 9.07. The molecule has 0 unspecified atom stereocenters. The Hall–Kier alpha value is -1.75. The molecule has 1 fully saturated rings. The lowest BCUT2D eigenvalue weighted by Gasteiger charge is -2.38. The SMILES string of the molecule is COc1ccccc1NC1(C(=O)O)CCN(C)CC1. The van der Waals surface area contributed by atoms with Gasteiger partial charge in [0.25, 0.3) is 0 Å². The fraction of sp³-hybridized carbons (Fsp3) is 0.500. The van der Waals surface area contributed by atoms with E-state index in [0.717, 1.165) is 18.8 Å². The minimum Gasteiger partial charge on any atom is -0.495 e. The zero-order valence-corrected chi connectivity index (χ0v) is 11.3. The van der Waals surface area contributed by atoms with Crippen LogP contribution in [0.2, 0.25) is 0 Å². The number of carbonyl (C=O) groups is 1. The van der Waals surface area contributed by atoms with E-state index in [4.69, 9.17) is 4.74 Å². The van der Waals surface area contributed by atoms with Crippen molar-refractivity contribution in [2.75, 3.05) is 32.6 Å². The Bertz CT molecular complexity index is 454. The number of rotatable bonds is 4. The molecule has 104 valence electrons. The van der Waals surface area contributed by atoms with Crippen molar-refractivity contribution >= 4 is 11.7 Å². The van der Waals surface area contributed by atoms with Gasteiger partial charge in [-0.3, -0.25) is 0 Å². The van der Waals surface area contributed by atoms with Gasteiger partial charge in [-0.05, 0) is 32.0 Å². The summed E-state index contributed by atoms with van der Waals surface area (Å²) in [4.78, 5) is 13.8. The Morgan fingerprint density at radius 3 is 2.58 bits per heavy atom. The van der Waals surface area contributed by atoms with Crippen molar-refractivity contribution in [2.45, 2.75) is 18.4 Å². The minimum atomic E-state index is -0.902. The van der Waals surface area contributed by atoms with Crippen LogP contribution < -0.4 is 10.1 Å². The van der Waals surface area contributed by atoms with Gasteiger partial charge in [0.05, 0.1) is 12.8 Å². The van der Waals surface area contributed by atoms with Crippen LogP contribution in [-0.2, 0) is 4.79 Å². The number of carboxylic acids is 1. The van der Waals surface area contributed by atoms with Crippen molar-refractivity contribution in [3.05, 3.63) is 24.3 Å². The molecule has 1 saturated heterocycles.